The van der Waals surface area contributed by atoms with Gasteiger partial charge in [-0.1, -0.05) is 26.7 Å². The van der Waals surface area contributed by atoms with Crippen LogP contribution in [0, 0.1) is 17.6 Å². The van der Waals surface area contributed by atoms with Crippen molar-refractivity contribution in [2.45, 2.75) is 84.4 Å². The second-order valence-electron chi connectivity index (χ2n) is 11.7. The van der Waals surface area contributed by atoms with Crippen molar-refractivity contribution >= 4 is 28.1 Å². The van der Waals surface area contributed by atoms with Gasteiger partial charge in [0.15, 0.2) is 0 Å². The van der Waals surface area contributed by atoms with Crippen LogP contribution in [-0.2, 0) is 6.42 Å². The summed E-state index contributed by atoms with van der Waals surface area (Å²) in [5, 5.41) is 20.6. The Morgan fingerprint density at radius 2 is 1.74 bits per heavy atom. The molecule has 1 aliphatic heterocycles. The van der Waals surface area contributed by atoms with Gasteiger partial charge in [-0.25, -0.2) is 8.78 Å². The highest BCUT2D eigenvalue weighted by Gasteiger charge is 2.29. The van der Waals surface area contributed by atoms with Gasteiger partial charge in [0.05, 0.1) is 23.6 Å². The van der Waals surface area contributed by atoms with Gasteiger partial charge in [0.1, 0.15) is 11.6 Å². The molecule has 0 radical (unpaired) electrons. The molecule has 3 atom stereocenters. The lowest BCUT2D eigenvalue weighted by molar-refractivity contribution is 0.0825. The normalized spacial score (nSPS) is 17.9. The lowest BCUT2D eigenvalue weighted by Gasteiger charge is -2.47. The number of nitrogens with zero attached hydrogens (tertiary/aromatic N) is 1. The minimum absolute atomic E-state index is 0.0113. The minimum Gasteiger partial charge on any atom is -0.390 e. The molecule has 0 aliphatic carbocycles. The molecule has 6 N–H and O–H groups in total. The first kappa shape index (κ1) is 34.1. The Bertz CT molecular complexity index is 1150. The topological polar surface area (TPSA) is 117 Å². The summed E-state index contributed by atoms with van der Waals surface area (Å²) < 4.78 is 50.9. The van der Waals surface area contributed by atoms with E-state index in [0.717, 1.165) is 31.7 Å². The molecular formula is C31H48F2N4O4S. The van der Waals surface area contributed by atoms with Gasteiger partial charge in [-0.2, -0.15) is 0 Å². The predicted octanol–water partition coefficient (Wildman–Crippen LogP) is 6.17. The van der Waals surface area contributed by atoms with Gasteiger partial charge in [0, 0.05) is 43.0 Å². The van der Waals surface area contributed by atoms with Crippen LogP contribution in [0.2, 0.25) is 0 Å². The van der Waals surface area contributed by atoms with Crippen molar-refractivity contribution in [2.75, 3.05) is 35.0 Å². The Balaban J connectivity index is 1.83. The maximum Gasteiger partial charge on any atom is 0.251 e. The fourth-order valence-corrected chi connectivity index (χ4v) is 6.89. The van der Waals surface area contributed by atoms with Gasteiger partial charge in [0.2, 0.25) is 0 Å². The third-order valence-corrected chi connectivity index (χ3v) is 9.42. The molecule has 0 aromatic heterocycles. The number of amides is 1. The van der Waals surface area contributed by atoms with E-state index in [-0.39, 0.29) is 30.3 Å². The molecule has 1 aliphatic rings. The molecule has 3 unspecified atom stereocenters. The standard InChI is InChI=1S/C31H48F2N4O4S/c1-5-34-27-16-24(17-28(19-27)37-11-6-7-12-42(37,40)41)31(39)36-29(15-23-13-25(32)18-26(33)14-23)30(38)20-35-22(4)10-8-9-21(2)3/h13-14,16-19,21-22,29-30,34-35,38,40-41H,5-12,15,20H2,1-4H3,(H,36,39). The molecule has 3 rings (SSSR count). The molecule has 2 aromatic rings. The van der Waals surface area contributed by atoms with Gasteiger partial charge >= 0.3 is 0 Å². The number of carbonyl (C=O) groups excluding carboxylic acids is 1. The number of halogens is 2. The van der Waals surface area contributed by atoms with Crippen LogP contribution in [0.5, 0.6) is 0 Å². The van der Waals surface area contributed by atoms with Crippen molar-refractivity contribution in [3.63, 3.8) is 0 Å². The first-order valence-corrected chi connectivity index (χ1v) is 16.6. The molecule has 2 aromatic carbocycles. The first-order chi connectivity index (χ1) is 19.9. The zero-order valence-electron chi connectivity index (χ0n) is 25.2. The second-order valence-corrected chi connectivity index (χ2v) is 13.8. The summed E-state index contributed by atoms with van der Waals surface area (Å²) in [6, 6.07) is 7.53. The van der Waals surface area contributed by atoms with Crippen LogP contribution in [-0.4, -0.2) is 63.7 Å². The molecule has 1 heterocycles. The summed E-state index contributed by atoms with van der Waals surface area (Å²) in [7, 11) is -3.01. The van der Waals surface area contributed by atoms with E-state index in [0.29, 0.717) is 42.4 Å². The van der Waals surface area contributed by atoms with Crippen molar-refractivity contribution in [2.24, 2.45) is 5.92 Å². The third-order valence-electron chi connectivity index (χ3n) is 7.48. The van der Waals surface area contributed by atoms with E-state index in [9.17, 15) is 27.8 Å². The van der Waals surface area contributed by atoms with Gasteiger partial charge in [-0.15, -0.1) is 10.8 Å². The maximum absolute atomic E-state index is 14.0. The van der Waals surface area contributed by atoms with Crippen molar-refractivity contribution in [3.05, 3.63) is 59.2 Å². The van der Waals surface area contributed by atoms with E-state index in [1.807, 2.05) is 13.8 Å². The van der Waals surface area contributed by atoms with Crippen LogP contribution in [0.15, 0.2) is 36.4 Å². The van der Waals surface area contributed by atoms with Gasteiger partial charge < -0.3 is 21.1 Å². The van der Waals surface area contributed by atoms with Crippen LogP contribution < -0.4 is 20.3 Å². The van der Waals surface area contributed by atoms with E-state index in [1.165, 1.54) is 12.1 Å². The van der Waals surface area contributed by atoms with Crippen LogP contribution in [0.1, 0.15) is 75.7 Å². The van der Waals surface area contributed by atoms with E-state index in [4.69, 9.17) is 0 Å². The Kier molecular flexibility index (Phi) is 12.9. The highest BCUT2D eigenvalue weighted by Crippen LogP contribution is 2.50. The SMILES string of the molecule is CCNc1cc(C(=O)NC(Cc2cc(F)cc(F)c2)C(O)CNC(C)CCCC(C)C)cc(N2CCCCS2(O)O)c1. The zero-order chi connectivity index (χ0) is 30.9. The monoisotopic (exact) mass is 610 g/mol. The molecule has 0 bridgehead atoms. The Morgan fingerprint density at radius 1 is 1.02 bits per heavy atom. The highest BCUT2D eigenvalue weighted by atomic mass is 32.3. The van der Waals surface area contributed by atoms with Crippen molar-refractivity contribution in [3.8, 4) is 0 Å². The molecule has 0 spiro atoms. The molecule has 1 fully saturated rings. The number of rotatable bonds is 15. The molecule has 8 nitrogen and oxygen atoms in total. The summed E-state index contributed by atoms with van der Waals surface area (Å²) in [4.78, 5) is 13.6. The molecule has 11 heteroatoms. The van der Waals surface area contributed by atoms with Crippen molar-refractivity contribution in [1.82, 2.24) is 10.6 Å². The lowest BCUT2D eigenvalue weighted by Crippen LogP contribution is -2.49. The summed E-state index contributed by atoms with van der Waals surface area (Å²) >= 11 is 0. The number of hydrogen-bond donors (Lipinski definition) is 6. The summed E-state index contributed by atoms with van der Waals surface area (Å²) in [6.45, 7) is 9.55. The number of carbonyl (C=O) groups is 1. The fourth-order valence-electron chi connectivity index (χ4n) is 5.21. The lowest BCUT2D eigenvalue weighted by atomic mass is 9.99. The quantitative estimate of drug-likeness (QED) is 0.143. The molecule has 1 amide bonds. The first-order valence-electron chi connectivity index (χ1n) is 15.0. The number of aliphatic hydroxyl groups is 1. The molecule has 1 saturated heterocycles. The largest absolute Gasteiger partial charge is 0.390 e. The number of anilines is 2. The average Bonchev–Trinajstić information content (AvgIpc) is 2.90. The number of nitrogens with one attached hydrogen (secondary N) is 3. The van der Waals surface area contributed by atoms with E-state index < -0.39 is 40.5 Å². The van der Waals surface area contributed by atoms with E-state index in [1.54, 1.807) is 22.5 Å². The predicted molar refractivity (Wildman–Crippen MR) is 168 cm³/mol. The smallest absolute Gasteiger partial charge is 0.251 e. The highest BCUT2D eigenvalue weighted by molar-refractivity contribution is 8.25. The summed E-state index contributed by atoms with van der Waals surface area (Å²) in [5.41, 5.74) is 1.73. The fraction of sp³-hybridized carbons (Fsp3) is 0.581. The minimum atomic E-state index is -3.01. The van der Waals surface area contributed by atoms with Gasteiger partial charge in [0.25, 0.3) is 5.91 Å². The molecule has 236 valence electrons. The van der Waals surface area contributed by atoms with Crippen molar-refractivity contribution < 1.29 is 27.8 Å². The van der Waals surface area contributed by atoms with Crippen LogP contribution >= 0.6 is 10.8 Å². The van der Waals surface area contributed by atoms with Gasteiger partial charge in [-0.05, 0) is 81.3 Å². The Morgan fingerprint density at radius 3 is 2.38 bits per heavy atom. The maximum atomic E-state index is 14.0. The van der Waals surface area contributed by atoms with E-state index >= 15 is 0 Å². The number of aliphatic hydroxyl groups excluding tert-OH is 1. The molecular weight excluding hydrogens is 562 g/mol. The van der Waals surface area contributed by atoms with Gasteiger partial charge in [-0.3, -0.25) is 18.2 Å². The average molecular weight is 611 g/mol. The number of hydrogen-bond acceptors (Lipinski definition) is 7. The summed E-state index contributed by atoms with van der Waals surface area (Å²) in [6.07, 6.45) is 3.58. The van der Waals surface area contributed by atoms with Crippen LogP contribution in [0.3, 0.4) is 0 Å². The second kappa shape index (κ2) is 15.9. The Labute approximate surface area is 250 Å². The van der Waals surface area contributed by atoms with Crippen molar-refractivity contribution in [1.29, 1.82) is 0 Å². The summed E-state index contributed by atoms with van der Waals surface area (Å²) in [5.74, 6) is -1.07. The number of benzene rings is 2. The van der Waals surface area contributed by atoms with Crippen LogP contribution in [0.4, 0.5) is 20.2 Å². The van der Waals surface area contributed by atoms with E-state index in [2.05, 4.69) is 29.8 Å². The van der Waals surface area contributed by atoms with Crippen LogP contribution in [0.25, 0.3) is 0 Å². The third kappa shape index (κ3) is 10.4. The Hall–Kier alpha value is -2.44. The molecule has 42 heavy (non-hydrogen) atoms. The zero-order valence-corrected chi connectivity index (χ0v) is 26.0. The molecule has 0 saturated carbocycles.